The minimum absolute atomic E-state index is 0.154. The van der Waals surface area contributed by atoms with E-state index in [0.717, 1.165) is 19.3 Å². The minimum Gasteiger partial charge on any atom is -0.276 e. The van der Waals surface area contributed by atoms with Gasteiger partial charge in [-0.3, -0.25) is 14.3 Å². The first-order valence-electron chi connectivity index (χ1n) is 9.26. The van der Waals surface area contributed by atoms with Crippen LogP contribution in [0.2, 0.25) is 0 Å². The lowest BCUT2D eigenvalue weighted by atomic mass is 10.0. The van der Waals surface area contributed by atoms with Gasteiger partial charge in [0.25, 0.3) is 0 Å². The Morgan fingerprint density at radius 1 is 0.875 bits per heavy atom. The maximum absolute atomic E-state index is 11.8. The molecule has 4 heteroatoms. The van der Waals surface area contributed by atoms with E-state index in [0.29, 0.717) is 6.42 Å². The number of nitrogens with zero attached hydrogens (tertiary/aromatic N) is 3. The summed E-state index contributed by atoms with van der Waals surface area (Å²) in [6.07, 6.45) is 21.8. The normalized spacial score (nSPS) is 10.8. The van der Waals surface area contributed by atoms with Crippen molar-refractivity contribution < 1.29 is 4.79 Å². The Labute approximate surface area is 145 Å². The highest BCUT2D eigenvalue weighted by atomic mass is 16.2. The predicted molar refractivity (Wildman–Crippen MR) is 97.0 cm³/mol. The van der Waals surface area contributed by atoms with Crippen molar-refractivity contribution >= 4 is 5.91 Å². The van der Waals surface area contributed by atoms with E-state index < -0.39 is 0 Å². The maximum Gasteiger partial charge on any atom is 0.231 e. The van der Waals surface area contributed by atoms with Gasteiger partial charge in [0.05, 0.1) is 0 Å². The van der Waals surface area contributed by atoms with E-state index in [1.165, 1.54) is 50.5 Å². The van der Waals surface area contributed by atoms with Gasteiger partial charge in [0.1, 0.15) is 6.33 Å². The van der Waals surface area contributed by atoms with Gasteiger partial charge < -0.3 is 0 Å². The Morgan fingerprint density at radius 3 is 2.21 bits per heavy atom. The Bertz CT molecular complexity index is 552. The largest absolute Gasteiger partial charge is 0.276 e. The number of hydrogen-bond donors (Lipinski definition) is 0. The average molecular weight is 327 g/mol. The first-order valence-corrected chi connectivity index (χ1v) is 9.26. The average Bonchev–Trinajstić information content (AvgIpc) is 3.15. The molecule has 0 atom stereocenters. The van der Waals surface area contributed by atoms with Crippen LogP contribution in [0, 0.1) is 0 Å². The summed E-state index contributed by atoms with van der Waals surface area (Å²) in [6, 6.07) is 4.17. The van der Waals surface area contributed by atoms with Gasteiger partial charge in [-0.05, 0) is 30.9 Å². The van der Waals surface area contributed by atoms with Gasteiger partial charge in [-0.25, -0.2) is 4.98 Å². The highest BCUT2D eigenvalue weighted by Gasteiger charge is 2.02. The number of rotatable bonds is 12. The van der Waals surface area contributed by atoms with Crippen LogP contribution in [0.25, 0.3) is 0 Å². The molecule has 0 saturated heterocycles. The predicted octanol–water partition coefficient (Wildman–Crippen LogP) is 5.06. The standard InChI is InChI=1S/C20H29N3O/c24-20(23-16-15-22-18-23)13-9-7-5-3-1-2-4-6-8-11-19-12-10-14-21-17-19/h10,12,14-18H,1-9,11,13H2. The molecule has 2 aromatic heterocycles. The molecule has 0 saturated carbocycles. The Hall–Kier alpha value is -1.97. The topological polar surface area (TPSA) is 47.8 Å². The first-order chi connectivity index (χ1) is 11.9. The fourth-order valence-electron chi connectivity index (χ4n) is 2.92. The van der Waals surface area contributed by atoms with E-state index >= 15 is 0 Å². The minimum atomic E-state index is 0.154. The Balaban J connectivity index is 1.35. The van der Waals surface area contributed by atoms with Crippen LogP contribution in [0.3, 0.4) is 0 Å². The van der Waals surface area contributed by atoms with Crippen LogP contribution in [0.1, 0.15) is 74.6 Å². The summed E-state index contributed by atoms with van der Waals surface area (Å²) in [4.78, 5) is 19.8. The fourth-order valence-corrected chi connectivity index (χ4v) is 2.92. The second kappa shape index (κ2) is 11.5. The van der Waals surface area contributed by atoms with Crippen molar-refractivity contribution in [1.29, 1.82) is 0 Å². The van der Waals surface area contributed by atoms with E-state index in [4.69, 9.17) is 0 Å². The zero-order valence-electron chi connectivity index (χ0n) is 14.6. The van der Waals surface area contributed by atoms with Gasteiger partial charge in [-0.15, -0.1) is 0 Å². The van der Waals surface area contributed by atoms with Crippen LogP contribution < -0.4 is 0 Å². The van der Waals surface area contributed by atoms with Gasteiger partial charge in [0.15, 0.2) is 0 Å². The highest BCUT2D eigenvalue weighted by Crippen LogP contribution is 2.12. The van der Waals surface area contributed by atoms with Crippen molar-refractivity contribution in [2.45, 2.75) is 70.6 Å². The molecule has 0 bridgehead atoms. The number of carbonyl (C=O) groups excluding carboxylic acids is 1. The lowest BCUT2D eigenvalue weighted by Gasteiger charge is -2.03. The zero-order valence-corrected chi connectivity index (χ0v) is 14.6. The fraction of sp³-hybridized carbons (Fsp3) is 0.550. The summed E-state index contributed by atoms with van der Waals surface area (Å²) >= 11 is 0. The molecule has 2 heterocycles. The quantitative estimate of drug-likeness (QED) is 0.512. The second-order valence-corrected chi connectivity index (χ2v) is 6.41. The van der Waals surface area contributed by atoms with E-state index in [1.807, 2.05) is 18.5 Å². The third-order valence-electron chi connectivity index (χ3n) is 4.37. The summed E-state index contributed by atoms with van der Waals surface area (Å²) < 4.78 is 1.57. The summed E-state index contributed by atoms with van der Waals surface area (Å²) in [5, 5.41) is 0. The maximum atomic E-state index is 11.8. The molecule has 0 aliphatic carbocycles. The molecular weight excluding hydrogens is 298 g/mol. The summed E-state index contributed by atoms with van der Waals surface area (Å²) in [5.41, 5.74) is 1.35. The van der Waals surface area contributed by atoms with Crippen LogP contribution in [0.5, 0.6) is 0 Å². The van der Waals surface area contributed by atoms with E-state index in [1.54, 1.807) is 23.3 Å². The van der Waals surface area contributed by atoms with Gasteiger partial charge in [-0.1, -0.05) is 51.0 Å². The van der Waals surface area contributed by atoms with Crippen molar-refractivity contribution in [2.75, 3.05) is 0 Å². The van der Waals surface area contributed by atoms with E-state index in [-0.39, 0.29) is 5.91 Å². The molecule has 0 fully saturated rings. The molecule has 130 valence electrons. The van der Waals surface area contributed by atoms with Gasteiger partial charge in [-0.2, -0.15) is 0 Å². The molecule has 2 rings (SSSR count). The molecule has 0 aromatic carbocycles. The van der Waals surface area contributed by atoms with Crippen molar-refractivity contribution in [3.63, 3.8) is 0 Å². The molecule has 0 amide bonds. The Kier molecular flexibility index (Phi) is 8.84. The zero-order chi connectivity index (χ0) is 16.9. The van der Waals surface area contributed by atoms with Crippen molar-refractivity contribution in [2.24, 2.45) is 0 Å². The van der Waals surface area contributed by atoms with Gasteiger partial charge in [0.2, 0.25) is 5.91 Å². The van der Waals surface area contributed by atoms with Crippen LogP contribution in [0.15, 0.2) is 43.2 Å². The molecule has 0 spiro atoms. The number of unbranched alkanes of at least 4 members (excludes halogenated alkanes) is 8. The third kappa shape index (κ3) is 7.53. The molecule has 0 aliphatic rings. The smallest absolute Gasteiger partial charge is 0.231 e. The second-order valence-electron chi connectivity index (χ2n) is 6.41. The van der Waals surface area contributed by atoms with Crippen LogP contribution in [-0.2, 0) is 6.42 Å². The van der Waals surface area contributed by atoms with Crippen molar-refractivity contribution in [1.82, 2.24) is 14.5 Å². The van der Waals surface area contributed by atoms with E-state index in [9.17, 15) is 4.79 Å². The lowest BCUT2D eigenvalue weighted by molar-refractivity contribution is 0.0898. The number of aromatic nitrogens is 3. The molecule has 4 nitrogen and oxygen atoms in total. The third-order valence-corrected chi connectivity index (χ3v) is 4.37. The first kappa shape index (κ1) is 18.4. The van der Waals surface area contributed by atoms with E-state index in [2.05, 4.69) is 16.0 Å². The molecule has 0 aliphatic heterocycles. The van der Waals surface area contributed by atoms with Gasteiger partial charge >= 0.3 is 0 Å². The Morgan fingerprint density at radius 2 is 1.58 bits per heavy atom. The number of pyridine rings is 1. The van der Waals surface area contributed by atoms with Crippen LogP contribution >= 0.6 is 0 Å². The molecule has 0 N–H and O–H groups in total. The molecule has 24 heavy (non-hydrogen) atoms. The van der Waals surface area contributed by atoms with Crippen LogP contribution in [0.4, 0.5) is 0 Å². The van der Waals surface area contributed by atoms with Crippen LogP contribution in [-0.4, -0.2) is 20.4 Å². The number of carbonyl (C=O) groups is 1. The number of aryl methyl sites for hydroxylation is 1. The summed E-state index contributed by atoms with van der Waals surface area (Å²) in [6.45, 7) is 0. The SMILES string of the molecule is O=C(CCCCCCCCCCCc1cccnc1)n1ccnc1. The van der Waals surface area contributed by atoms with Crippen molar-refractivity contribution in [3.05, 3.63) is 48.8 Å². The molecule has 0 radical (unpaired) electrons. The highest BCUT2D eigenvalue weighted by molar-refractivity contribution is 5.78. The van der Waals surface area contributed by atoms with Crippen molar-refractivity contribution in [3.8, 4) is 0 Å². The molecule has 0 unspecified atom stereocenters. The lowest BCUT2D eigenvalue weighted by Crippen LogP contribution is -2.07. The van der Waals surface area contributed by atoms with Gasteiger partial charge in [0, 0.05) is 31.2 Å². The number of hydrogen-bond acceptors (Lipinski definition) is 3. The molecular formula is C20H29N3O. The molecule has 2 aromatic rings. The number of imidazole rings is 1. The monoisotopic (exact) mass is 327 g/mol. The summed E-state index contributed by atoms with van der Waals surface area (Å²) in [7, 11) is 0. The summed E-state index contributed by atoms with van der Waals surface area (Å²) in [5.74, 6) is 0.154.